The summed E-state index contributed by atoms with van der Waals surface area (Å²) in [6.07, 6.45) is 3.75. The monoisotopic (exact) mass is 407 g/mol. The number of pyridine rings is 1. The average molecular weight is 408 g/mol. The maximum atomic E-state index is 12.7. The van der Waals surface area contributed by atoms with Crippen LogP contribution in [-0.2, 0) is 16.1 Å². The Bertz CT molecular complexity index is 837. The normalized spacial score (nSPS) is 20.6. The highest BCUT2D eigenvalue weighted by molar-refractivity contribution is 5.88. The summed E-state index contributed by atoms with van der Waals surface area (Å²) in [5, 5.41) is 6.05. The van der Waals surface area contributed by atoms with Crippen LogP contribution >= 0.6 is 0 Å². The molecule has 158 valence electrons. The number of piperazine rings is 1. The Morgan fingerprint density at radius 1 is 1.07 bits per heavy atom. The van der Waals surface area contributed by atoms with Crippen molar-refractivity contribution in [3.8, 4) is 0 Å². The second-order valence-corrected chi connectivity index (χ2v) is 7.97. The molecule has 1 aromatic carbocycles. The van der Waals surface area contributed by atoms with E-state index in [1.165, 1.54) is 5.69 Å². The lowest BCUT2D eigenvalue weighted by molar-refractivity contribution is -0.134. The van der Waals surface area contributed by atoms with Crippen LogP contribution in [0.25, 0.3) is 0 Å². The van der Waals surface area contributed by atoms with Gasteiger partial charge in [0.05, 0.1) is 18.2 Å². The van der Waals surface area contributed by atoms with Crippen LogP contribution < -0.4 is 15.5 Å². The van der Waals surface area contributed by atoms with Gasteiger partial charge in [-0.15, -0.1) is 0 Å². The minimum Gasteiger partial charge on any atom is -0.371 e. The van der Waals surface area contributed by atoms with E-state index in [1.54, 1.807) is 6.20 Å². The molecule has 0 saturated carbocycles. The number of anilines is 1. The Morgan fingerprint density at radius 3 is 2.57 bits per heavy atom. The molecule has 30 heavy (non-hydrogen) atoms. The van der Waals surface area contributed by atoms with Crippen molar-refractivity contribution in [2.24, 2.45) is 0 Å². The fourth-order valence-corrected chi connectivity index (χ4v) is 4.26. The third kappa shape index (κ3) is 5.16. The number of carbonyl (C=O) groups is 2. The highest BCUT2D eigenvalue weighted by Gasteiger charge is 2.32. The van der Waals surface area contributed by atoms with E-state index >= 15 is 0 Å². The predicted molar refractivity (Wildman–Crippen MR) is 116 cm³/mol. The molecule has 4 rings (SSSR count). The zero-order valence-electron chi connectivity index (χ0n) is 17.2. The Hall–Kier alpha value is -2.93. The van der Waals surface area contributed by atoms with Gasteiger partial charge >= 0.3 is 0 Å². The van der Waals surface area contributed by atoms with Crippen molar-refractivity contribution < 1.29 is 9.59 Å². The molecule has 2 fully saturated rings. The number of piperidine rings is 1. The van der Waals surface area contributed by atoms with Crippen LogP contribution in [0.4, 0.5) is 5.69 Å². The molecule has 0 spiro atoms. The van der Waals surface area contributed by atoms with Gasteiger partial charge in [0.25, 0.3) is 0 Å². The molecule has 0 radical (unpaired) electrons. The fraction of sp³-hybridized carbons (Fsp3) is 0.435. The van der Waals surface area contributed by atoms with E-state index in [2.05, 4.69) is 49.7 Å². The van der Waals surface area contributed by atoms with Crippen molar-refractivity contribution >= 4 is 17.5 Å². The van der Waals surface area contributed by atoms with Gasteiger partial charge in [-0.25, -0.2) is 0 Å². The van der Waals surface area contributed by atoms with Gasteiger partial charge in [-0.3, -0.25) is 19.5 Å². The van der Waals surface area contributed by atoms with E-state index in [0.717, 1.165) is 38.2 Å². The molecule has 1 unspecified atom stereocenters. The first kappa shape index (κ1) is 20.3. The summed E-state index contributed by atoms with van der Waals surface area (Å²) in [4.78, 5) is 34.0. The minimum absolute atomic E-state index is 0.0544. The van der Waals surface area contributed by atoms with Crippen LogP contribution in [-0.4, -0.2) is 60.0 Å². The smallest absolute Gasteiger partial charge is 0.237 e. The number of carbonyl (C=O) groups excluding carboxylic acids is 2. The Morgan fingerprint density at radius 2 is 1.83 bits per heavy atom. The van der Waals surface area contributed by atoms with E-state index in [-0.39, 0.29) is 24.3 Å². The van der Waals surface area contributed by atoms with E-state index in [1.807, 2.05) is 24.3 Å². The van der Waals surface area contributed by atoms with Gasteiger partial charge in [-0.1, -0.05) is 24.3 Å². The molecule has 0 bridgehead atoms. The number of hydrogen-bond acceptors (Lipinski definition) is 5. The Balaban J connectivity index is 1.29. The second-order valence-electron chi connectivity index (χ2n) is 7.97. The standard InChI is InChI=1S/C23H29N5O2/c29-22(26-18-9-13-27(14-10-18)20-7-2-1-3-8-20)16-21-23(30)25-12-15-28(21)17-19-6-4-5-11-24-19/h1-8,11,18,21H,9-10,12-17H2,(H,25,30)(H,26,29). The highest BCUT2D eigenvalue weighted by Crippen LogP contribution is 2.20. The van der Waals surface area contributed by atoms with Crippen molar-refractivity contribution in [1.29, 1.82) is 0 Å². The lowest BCUT2D eigenvalue weighted by Gasteiger charge is -2.36. The maximum Gasteiger partial charge on any atom is 0.237 e. The average Bonchev–Trinajstić information content (AvgIpc) is 2.78. The van der Waals surface area contributed by atoms with Crippen LogP contribution in [0, 0.1) is 0 Å². The first-order valence-corrected chi connectivity index (χ1v) is 10.7. The van der Waals surface area contributed by atoms with Gasteiger partial charge in [0.15, 0.2) is 0 Å². The molecule has 3 heterocycles. The lowest BCUT2D eigenvalue weighted by atomic mass is 10.0. The van der Waals surface area contributed by atoms with Crippen molar-refractivity contribution in [3.05, 3.63) is 60.4 Å². The first-order chi connectivity index (χ1) is 14.7. The molecular weight excluding hydrogens is 378 g/mol. The number of nitrogens with zero attached hydrogens (tertiary/aromatic N) is 3. The van der Waals surface area contributed by atoms with Crippen molar-refractivity contribution in [2.45, 2.75) is 37.9 Å². The number of hydrogen-bond donors (Lipinski definition) is 2. The summed E-state index contributed by atoms with van der Waals surface area (Å²) in [5.41, 5.74) is 2.14. The van der Waals surface area contributed by atoms with Crippen molar-refractivity contribution in [2.75, 3.05) is 31.1 Å². The van der Waals surface area contributed by atoms with Crippen LogP contribution in [0.1, 0.15) is 25.0 Å². The number of para-hydroxylation sites is 1. The lowest BCUT2D eigenvalue weighted by Crippen LogP contribution is -2.56. The Labute approximate surface area is 177 Å². The molecule has 2 aliphatic rings. The first-order valence-electron chi connectivity index (χ1n) is 10.7. The molecule has 0 aliphatic carbocycles. The summed E-state index contributed by atoms with van der Waals surface area (Å²) in [6.45, 7) is 3.73. The highest BCUT2D eigenvalue weighted by atomic mass is 16.2. The zero-order valence-corrected chi connectivity index (χ0v) is 17.2. The third-order valence-corrected chi connectivity index (χ3v) is 5.89. The number of nitrogens with one attached hydrogen (secondary N) is 2. The van der Waals surface area contributed by atoms with Crippen LogP contribution in [0.2, 0.25) is 0 Å². The van der Waals surface area contributed by atoms with Gasteiger partial charge in [0.2, 0.25) is 11.8 Å². The number of benzene rings is 1. The number of amides is 2. The largest absolute Gasteiger partial charge is 0.371 e. The van der Waals surface area contributed by atoms with Crippen molar-refractivity contribution in [3.63, 3.8) is 0 Å². The summed E-state index contributed by atoms with van der Waals surface area (Å²) in [5.74, 6) is -0.132. The van der Waals surface area contributed by atoms with Gasteiger partial charge in [0, 0.05) is 50.6 Å². The molecule has 2 aliphatic heterocycles. The molecule has 2 saturated heterocycles. The summed E-state index contributed by atoms with van der Waals surface area (Å²) in [7, 11) is 0. The second kappa shape index (κ2) is 9.71. The number of rotatable bonds is 6. The van der Waals surface area contributed by atoms with Crippen molar-refractivity contribution in [1.82, 2.24) is 20.5 Å². The fourth-order valence-electron chi connectivity index (χ4n) is 4.26. The van der Waals surface area contributed by atoms with Gasteiger partial charge in [-0.2, -0.15) is 0 Å². The molecule has 1 atom stereocenters. The molecule has 1 aromatic heterocycles. The van der Waals surface area contributed by atoms with Gasteiger partial charge < -0.3 is 15.5 Å². The SMILES string of the molecule is O=C(CC1C(=O)NCCN1Cc1ccccn1)NC1CCN(c2ccccc2)CC1. The molecule has 2 amide bonds. The van der Waals surface area contributed by atoms with E-state index in [9.17, 15) is 9.59 Å². The van der Waals surface area contributed by atoms with Gasteiger partial charge in [0.1, 0.15) is 0 Å². The van der Waals surface area contributed by atoms with Crippen LogP contribution in [0.3, 0.4) is 0 Å². The summed E-state index contributed by atoms with van der Waals surface area (Å²) in [6, 6.07) is 15.8. The molecule has 2 N–H and O–H groups in total. The van der Waals surface area contributed by atoms with Crippen LogP contribution in [0.15, 0.2) is 54.7 Å². The topological polar surface area (TPSA) is 77.6 Å². The van der Waals surface area contributed by atoms with Crippen LogP contribution in [0.5, 0.6) is 0 Å². The minimum atomic E-state index is -0.454. The number of aromatic nitrogens is 1. The Kier molecular flexibility index (Phi) is 6.59. The third-order valence-electron chi connectivity index (χ3n) is 5.89. The molecule has 7 heteroatoms. The predicted octanol–water partition coefficient (Wildman–Crippen LogP) is 1.56. The summed E-state index contributed by atoms with van der Waals surface area (Å²) < 4.78 is 0. The maximum absolute atomic E-state index is 12.7. The van der Waals surface area contributed by atoms with E-state index in [4.69, 9.17) is 0 Å². The molecule has 7 nitrogen and oxygen atoms in total. The zero-order chi connectivity index (χ0) is 20.8. The summed E-state index contributed by atoms with van der Waals surface area (Å²) >= 11 is 0. The van der Waals surface area contributed by atoms with E-state index in [0.29, 0.717) is 13.1 Å². The van der Waals surface area contributed by atoms with Gasteiger partial charge in [-0.05, 0) is 37.1 Å². The quantitative estimate of drug-likeness (QED) is 0.760. The van der Waals surface area contributed by atoms with E-state index < -0.39 is 6.04 Å². The molecular formula is C23H29N5O2. The molecule has 2 aromatic rings.